The van der Waals surface area contributed by atoms with E-state index >= 15 is 0 Å². The Labute approximate surface area is 117 Å². The molecule has 0 aromatic rings. The summed E-state index contributed by atoms with van der Waals surface area (Å²) in [6, 6.07) is 0.440. The molecule has 1 saturated carbocycles. The van der Waals surface area contributed by atoms with Crippen LogP contribution in [0.1, 0.15) is 40.0 Å². The SMILES string of the molecule is C=CCNC(=NC)NC1CC(OCC)C1(CC)CC. The highest BCUT2D eigenvalue weighted by molar-refractivity contribution is 5.80. The van der Waals surface area contributed by atoms with Crippen LogP contribution in [0.3, 0.4) is 0 Å². The lowest BCUT2D eigenvalue weighted by Crippen LogP contribution is -2.65. The fourth-order valence-corrected chi connectivity index (χ4v) is 3.11. The molecule has 0 amide bonds. The van der Waals surface area contributed by atoms with E-state index in [2.05, 4.69) is 43.0 Å². The molecule has 0 radical (unpaired) electrons. The van der Waals surface area contributed by atoms with Crippen LogP contribution in [0.4, 0.5) is 0 Å². The Bertz CT molecular complexity index is 311. The standard InChI is InChI=1S/C15H29N3O/c1-6-10-17-14(16-5)18-12-11-13(19-9-4)15(12,7-2)8-3/h6,12-13H,1,7-11H2,2-5H3,(H2,16,17,18). The molecule has 4 heteroatoms. The van der Waals surface area contributed by atoms with Gasteiger partial charge in [0.25, 0.3) is 0 Å². The summed E-state index contributed by atoms with van der Waals surface area (Å²) >= 11 is 0. The minimum Gasteiger partial charge on any atom is -0.378 e. The Morgan fingerprint density at radius 2 is 2.11 bits per heavy atom. The van der Waals surface area contributed by atoms with Gasteiger partial charge in [-0.15, -0.1) is 6.58 Å². The van der Waals surface area contributed by atoms with Crippen molar-refractivity contribution in [1.82, 2.24) is 10.6 Å². The van der Waals surface area contributed by atoms with Gasteiger partial charge in [-0.3, -0.25) is 4.99 Å². The van der Waals surface area contributed by atoms with E-state index in [-0.39, 0.29) is 5.41 Å². The van der Waals surface area contributed by atoms with Gasteiger partial charge < -0.3 is 15.4 Å². The quantitative estimate of drug-likeness (QED) is 0.423. The first kappa shape index (κ1) is 16.0. The molecule has 2 unspecified atom stereocenters. The number of hydrogen-bond acceptors (Lipinski definition) is 2. The van der Waals surface area contributed by atoms with Gasteiger partial charge in [-0.25, -0.2) is 0 Å². The Balaban J connectivity index is 2.65. The molecule has 1 fully saturated rings. The highest BCUT2D eigenvalue weighted by Gasteiger charge is 2.53. The fraction of sp³-hybridized carbons (Fsp3) is 0.800. The molecule has 2 atom stereocenters. The van der Waals surface area contributed by atoms with E-state index in [1.54, 1.807) is 7.05 Å². The van der Waals surface area contributed by atoms with E-state index in [0.29, 0.717) is 12.1 Å². The Kier molecular flexibility index (Phi) is 6.35. The summed E-state index contributed by atoms with van der Waals surface area (Å²) < 4.78 is 5.89. The van der Waals surface area contributed by atoms with Crippen LogP contribution in [0.2, 0.25) is 0 Å². The first-order chi connectivity index (χ1) is 9.18. The fourth-order valence-electron chi connectivity index (χ4n) is 3.11. The zero-order valence-corrected chi connectivity index (χ0v) is 12.8. The molecular weight excluding hydrogens is 238 g/mol. The molecule has 0 aromatic carbocycles. The number of hydrogen-bond donors (Lipinski definition) is 2. The zero-order chi connectivity index (χ0) is 14.3. The average Bonchev–Trinajstić information content (AvgIpc) is 2.42. The molecule has 19 heavy (non-hydrogen) atoms. The summed E-state index contributed by atoms with van der Waals surface area (Å²) in [4.78, 5) is 4.26. The van der Waals surface area contributed by atoms with Crippen molar-refractivity contribution in [1.29, 1.82) is 0 Å². The van der Waals surface area contributed by atoms with Crippen molar-refractivity contribution in [2.45, 2.75) is 52.2 Å². The van der Waals surface area contributed by atoms with Crippen LogP contribution in [0.5, 0.6) is 0 Å². The molecule has 1 aliphatic rings. The first-order valence-corrected chi connectivity index (χ1v) is 7.38. The lowest BCUT2D eigenvalue weighted by Gasteiger charge is -2.55. The molecule has 0 bridgehead atoms. The van der Waals surface area contributed by atoms with Crippen LogP contribution in [-0.4, -0.2) is 38.3 Å². The third-order valence-electron chi connectivity index (χ3n) is 4.42. The summed E-state index contributed by atoms with van der Waals surface area (Å²) in [6.45, 7) is 11.8. The van der Waals surface area contributed by atoms with Gasteiger partial charge in [-0.05, 0) is 26.2 Å². The van der Waals surface area contributed by atoms with Crippen LogP contribution in [0, 0.1) is 5.41 Å². The van der Waals surface area contributed by atoms with E-state index in [1.165, 1.54) is 0 Å². The summed E-state index contributed by atoms with van der Waals surface area (Å²) in [5.41, 5.74) is 0.238. The Morgan fingerprint density at radius 3 is 2.58 bits per heavy atom. The maximum atomic E-state index is 5.89. The molecule has 1 rings (SSSR count). The highest BCUT2D eigenvalue weighted by Crippen LogP contribution is 2.48. The number of aliphatic imine (C=N–C) groups is 1. The maximum Gasteiger partial charge on any atom is 0.191 e. The Morgan fingerprint density at radius 1 is 1.42 bits per heavy atom. The summed E-state index contributed by atoms with van der Waals surface area (Å²) in [5, 5.41) is 6.76. The largest absolute Gasteiger partial charge is 0.378 e. The number of nitrogens with zero attached hydrogens (tertiary/aromatic N) is 1. The van der Waals surface area contributed by atoms with Crippen molar-refractivity contribution in [2.75, 3.05) is 20.2 Å². The van der Waals surface area contributed by atoms with Crippen LogP contribution < -0.4 is 10.6 Å². The second kappa shape index (κ2) is 7.53. The molecule has 0 aliphatic heterocycles. The van der Waals surface area contributed by atoms with Gasteiger partial charge in [0.2, 0.25) is 0 Å². The Hall–Kier alpha value is -1.03. The van der Waals surface area contributed by atoms with Gasteiger partial charge in [-0.2, -0.15) is 0 Å². The normalized spacial score (nSPS) is 25.6. The topological polar surface area (TPSA) is 45.7 Å². The monoisotopic (exact) mass is 267 g/mol. The minimum absolute atomic E-state index is 0.238. The molecule has 0 aromatic heterocycles. The number of rotatable bonds is 7. The number of nitrogens with one attached hydrogen (secondary N) is 2. The molecule has 1 aliphatic carbocycles. The average molecular weight is 267 g/mol. The van der Waals surface area contributed by atoms with Gasteiger partial charge in [-0.1, -0.05) is 19.9 Å². The zero-order valence-electron chi connectivity index (χ0n) is 12.8. The smallest absolute Gasteiger partial charge is 0.191 e. The summed E-state index contributed by atoms with van der Waals surface area (Å²) in [6.07, 6.45) is 5.53. The van der Waals surface area contributed by atoms with Gasteiger partial charge in [0, 0.05) is 31.7 Å². The second-order valence-electron chi connectivity index (χ2n) is 5.06. The predicted octanol–water partition coefficient (Wildman–Crippen LogP) is 2.32. The number of ether oxygens (including phenoxy) is 1. The third kappa shape index (κ3) is 3.30. The predicted molar refractivity (Wildman–Crippen MR) is 81.5 cm³/mol. The molecule has 4 nitrogen and oxygen atoms in total. The van der Waals surface area contributed by atoms with Crippen molar-refractivity contribution >= 4 is 5.96 Å². The third-order valence-corrected chi connectivity index (χ3v) is 4.42. The lowest BCUT2D eigenvalue weighted by molar-refractivity contribution is -0.133. The van der Waals surface area contributed by atoms with Crippen LogP contribution in [-0.2, 0) is 4.74 Å². The van der Waals surface area contributed by atoms with Crippen LogP contribution in [0.25, 0.3) is 0 Å². The molecule has 110 valence electrons. The van der Waals surface area contributed by atoms with Crippen molar-refractivity contribution < 1.29 is 4.74 Å². The number of guanidine groups is 1. The van der Waals surface area contributed by atoms with Gasteiger partial charge in [0.15, 0.2) is 5.96 Å². The molecule has 0 saturated heterocycles. The van der Waals surface area contributed by atoms with E-state index < -0.39 is 0 Å². The summed E-state index contributed by atoms with van der Waals surface area (Å²) in [7, 11) is 1.80. The van der Waals surface area contributed by atoms with Gasteiger partial charge >= 0.3 is 0 Å². The molecule has 2 N–H and O–H groups in total. The molecule has 0 spiro atoms. The van der Waals surface area contributed by atoms with E-state index in [1.807, 2.05) is 6.08 Å². The minimum atomic E-state index is 0.238. The van der Waals surface area contributed by atoms with E-state index in [0.717, 1.165) is 38.4 Å². The van der Waals surface area contributed by atoms with Crippen molar-refractivity contribution in [2.24, 2.45) is 10.4 Å². The second-order valence-corrected chi connectivity index (χ2v) is 5.06. The molecular formula is C15H29N3O. The van der Waals surface area contributed by atoms with Crippen LogP contribution >= 0.6 is 0 Å². The van der Waals surface area contributed by atoms with Crippen molar-refractivity contribution in [3.8, 4) is 0 Å². The van der Waals surface area contributed by atoms with E-state index in [9.17, 15) is 0 Å². The van der Waals surface area contributed by atoms with Crippen molar-refractivity contribution in [3.63, 3.8) is 0 Å². The van der Waals surface area contributed by atoms with Crippen LogP contribution in [0.15, 0.2) is 17.6 Å². The summed E-state index contributed by atoms with van der Waals surface area (Å²) in [5.74, 6) is 0.853. The maximum absolute atomic E-state index is 5.89. The molecule has 0 heterocycles. The van der Waals surface area contributed by atoms with Gasteiger partial charge in [0.1, 0.15) is 0 Å². The first-order valence-electron chi connectivity index (χ1n) is 7.38. The highest BCUT2D eigenvalue weighted by atomic mass is 16.5. The van der Waals surface area contributed by atoms with Crippen molar-refractivity contribution in [3.05, 3.63) is 12.7 Å². The van der Waals surface area contributed by atoms with Gasteiger partial charge in [0.05, 0.1) is 6.10 Å². The lowest BCUT2D eigenvalue weighted by atomic mass is 9.58. The van der Waals surface area contributed by atoms with E-state index in [4.69, 9.17) is 4.74 Å².